The molecule has 0 saturated heterocycles. The fraction of sp³-hybridized carbons (Fsp3) is 0.292. The van der Waals surface area contributed by atoms with E-state index in [2.05, 4.69) is 10.6 Å². The number of nitrogens with zero attached hydrogens (tertiary/aromatic N) is 1. The number of hydrogen-bond acceptors (Lipinski definition) is 5. The fourth-order valence-corrected chi connectivity index (χ4v) is 5.20. The molecule has 1 saturated carbocycles. The molecule has 2 aromatic carbocycles. The summed E-state index contributed by atoms with van der Waals surface area (Å²) in [7, 11) is -0.714. The topological polar surface area (TPSA) is 89.4 Å². The number of carbonyl (C=O) groups excluding carboxylic acids is 1. The van der Waals surface area contributed by atoms with Crippen LogP contribution < -0.4 is 15.4 Å². The minimum Gasteiger partial charge on any atom is -0.492 e. The maximum atomic E-state index is 14.5. The van der Waals surface area contributed by atoms with E-state index in [1.54, 1.807) is 50.5 Å². The van der Waals surface area contributed by atoms with E-state index in [0.29, 0.717) is 17.9 Å². The van der Waals surface area contributed by atoms with Crippen LogP contribution in [-0.4, -0.2) is 39.0 Å². The van der Waals surface area contributed by atoms with Crippen molar-refractivity contribution in [2.24, 2.45) is 5.41 Å². The van der Waals surface area contributed by atoms with Gasteiger partial charge >= 0.3 is 0 Å². The Labute approximate surface area is 192 Å². The van der Waals surface area contributed by atoms with Gasteiger partial charge in [0.05, 0.1) is 16.0 Å². The van der Waals surface area contributed by atoms with Gasteiger partial charge in [-0.25, -0.2) is 16.8 Å². The molecule has 3 aromatic rings. The number of aromatic nitrogens is 1. The van der Waals surface area contributed by atoms with Crippen LogP contribution in [0.25, 0.3) is 11.3 Å². The smallest absolute Gasteiger partial charge is 0.268 e. The highest BCUT2D eigenvalue weighted by Crippen LogP contribution is 2.46. The van der Waals surface area contributed by atoms with Gasteiger partial charge in [-0.3, -0.25) is 4.79 Å². The molecule has 2 N–H and O–H groups in total. The first-order valence-electron chi connectivity index (χ1n) is 10.6. The van der Waals surface area contributed by atoms with E-state index >= 15 is 0 Å². The maximum Gasteiger partial charge on any atom is 0.268 e. The van der Waals surface area contributed by atoms with Crippen molar-refractivity contribution in [2.75, 3.05) is 20.7 Å². The molecule has 33 heavy (non-hydrogen) atoms. The number of benzene rings is 2. The Kier molecular flexibility index (Phi) is 6.27. The molecule has 1 aliphatic rings. The van der Waals surface area contributed by atoms with E-state index in [9.17, 15) is 17.6 Å². The molecule has 0 radical (unpaired) electrons. The molecule has 1 fully saturated rings. The van der Waals surface area contributed by atoms with E-state index in [4.69, 9.17) is 4.74 Å². The van der Waals surface area contributed by atoms with Gasteiger partial charge in [0, 0.05) is 31.4 Å². The highest BCUT2D eigenvalue weighted by molar-refractivity contribution is 7.90. The van der Waals surface area contributed by atoms with Gasteiger partial charge in [0.15, 0.2) is 0 Å². The lowest BCUT2D eigenvalue weighted by Gasteiger charge is -2.16. The predicted octanol–water partition coefficient (Wildman–Crippen LogP) is 3.16. The van der Waals surface area contributed by atoms with Gasteiger partial charge in [-0.15, -0.1) is 0 Å². The Hall–Kier alpha value is -3.17. The summed E-state index contributed by atoms with van der Waals surface area (Å²) in [4.78, 5) is 12.1. The van der Waals surface area contributed by atoms with E-state index < -0.39 is 21.3 Å². The Morgan fingerprint density at radius 1 is 1.12 bits per heavy atom. The predicted molar refractivity (Wildman–Crippen MR) is 123 cm³/mol. The summed E-state index contributed by atoms with van der Waals surface area (Å²) in [6.45, 7) is 0.598. The monoisotopic (exact) mass is 471 g/mol. The average molecular weight is 472 g/mol. The van der Waals surface area contributed by atoms with Gasteiger partial charge in [-0.05, 0) is 55.8 Å². The van der Waals surface area contributed by atoms with Crippen molar-refractivity contribution < 1.29 is 22.3 Å². The lowest BCUT2D eigenvalue weighted by molar-refractivity contribution is -0.126. The van der Waals surface area contributed by atoms with Gasteiger partial charge in [0.2, 0.25) is 5.91 Å². The van der Waals surface area contributed by atoms with Crippen molar-refractivity contribution in [1.29, 1.82) is 0 Å². The van der Waals surface area contributed by atoms with Crippen molar-refractivity contribution in [3.8, 4) is 17.0 Å². The summed E-state index contributed by atoms with van der Waals surface area (Å²) in [6.07, 6.45) is 2.95. The molecular weight excluding hydrogens is 445 g/mol. The SMILES string of the molecule is CNCc1cc(-c2ccccc2F)n(S(=O)(=O)c2cccc(OCC3(C(=O)NC)CC3)c2)c1. The molecule has 1 amide bonds. The second-order valence-electron chi connectivity index (χ2n) is 8.17. The van der Waals surface area contributed by atoms with E-state index in [-0.39, 0.29) is 28.7 Å². The van der Waals surface area contributed by atoms with Crippen molar-refractivity contribution in [1.82, 2.24) is 14.6 Å². The summed E-state index contributed by atoms with van der Waals surface area (Å²) in [5, 5.41) is 5.63. The lowest BCUT2D eigenvalue weighted by Crippen LogP contribution is -2.33. The first-order valence-corrected chi connectivity index (χ1v) is 12.1. The molecule has 0 bridgehead atoms. The summed E-state index contributed by atoms with van der Waals surface area (Å²) in [5.41, 5.74) is 0.579. The number of rotatable bonds is 9. The number of ether oxygens (including phenoxy) is 1. The molecule has 0 spiro atoms. The average Bonchev–Trinajstić information content (AvgIpc) is 3.50. The molecule has 7 nitrogen and oxygen atoms in total. The Balaban J connectivity index is 1.68. The fourth-order valence-electron chi connectivity index (χ4n) is 3.77. The number of hydrogen-bond donors (Lipinski definition) is 2. The van der Waals surface area contributed by atoms with Crippen molar-refractivity contribution >= 4 is 15.9 Å². The summed E-state index contributed by atoms with van der Waals surface area (Å²) in [6, 6.07) is 13.9. The molecule has 1 aromatic heterocycles. The van der Waals surface area contributed by atoms with E-state index in [1.165, 1.54) is 24.4 Å². The van der Waals surface area contributed by atoms with Gasteiger partial charge in [-0.2, -0.15) is 0 Å². The van der Waals surface area contributed by atoms with Gasteiger partial charge < -0.3 is 15.4 Å². The van der Waals surface area contributed by atoms with E-state index in [1.807, 2.05) is 0 Å². The van der Waals surface area contributed by atoms with E-state index in [0.717, 1.165) is 16.8 Å². The zero-order chi connectivity index (χ0) is 23.6. The number of halogens is 1. The van der Waals surface area contributed by atoms with Crippen molar-refractivity contribution in [3.05, 3.63) is 72.2 Å². The van der Waals surface area contributed by atoms with Crippen LogP contribution in [0.2, 0.25) is 0 Å². The second-order valence-corrected chi connectivity index (χ2v) is 9.98. The Bertz CT molecular complexity index is 1280. The van der Waals surface area contributed by atoms with Crippen LogP contribution in [0.1, 0.15) is 18.4 Å². The second kappa shape index (κ2) is 8.99. The van der Waals surface area contributed by atoms with Crippen LogP contribution in [-0.2, 0) is 21.4 Å². The van der Waals surface area contributed by atoms with Crippen molar-refractivity contribution in [2.45, 2.75) is 24.3 Å². The molecule has 4 rings (SSSR count). The maximum absolute atomic E-state index is 14.5. The summed E-state index contributed by atoms with van der Waals surface area (Å²) < 4.78 is 48.6. The van der Waals surface area contributed by atoms with Crippen LogP contribution >= 0.6 is 0 Å². The zero-order valence-electron chi connectivity index (χ0n) is 18.5. The molecule has 174 valence electrons. The largest absolute Gasteiger partial charge is 0.492 e. The molecule has 0 atom stereocenters. The quantitative estimate of drug-likeness (QED) is 0.501. The Morgan fingerprint density at radius 3 is 2.55 bits per heavy atom. The third kappa shape index (κ3) is 4.51. The number of carbonyl (C=O) groups is 1. The van der Waals surface area contributed by atoms with Crippen LogP contribution in [0.3, 0.4) is 0 Å². The highest BCUT2D eigenvalue weighted by Gasteiger charge is 2.50. The van der Waals surface area contributed by atoms with Crippen molar-refractivity contribution in [3.63, 3.8) is 0 Å². The first-order chi connectivity index (χ1) is 15.8. The molecule has 0 unspecified atom stereocenters. The molecular formula is C24H26FN3O4S. The zero-order valence-corrected chi connectivity index (χ0v) is 19.3. The molecule has 0 aliphatic heterocycles. The number of amides is 1. The van der Waals surface area contributed by atoms with Gasteiger partial charge in [0.1, 0.15) is 18.2 Å². The Morgan fingerprint density at radius 2 is 1.88 bits per heavy atom. The first kappa shape index (κ1) is 23.0. The summed E-state index contributed by atoms with van der Waals surface area (Å²) in [5.74, 6) is -0.240. The third-order valence-electron chi connectivity index (χ3n) is 5.81. The lowest BCUT2D eigenvalue weighted by atomic mass is 10.1. The standard InChI is InChI=1S/C24H26FN3O4S/c1-26-14-17-12-22(20-8-3-4-9-21(20)25)28(15-17)33(30,31)19-7-5-6-18(13-19)32-16-24(10-11-24)23(29)27-2/h3-9,12-13,15,26H,10-11,14,16H2,1-2H3,(H,27,29). The van der Waals surface area contributed by atoms with Crippen LogP contribution in [0.5, 0.6) is 5.75 Å². The van der Waals surface area contributed by atoms with Crippen LogP contribution in [0.15, 0.2) is 65.7 Å². The van der Waals surface area contributed by atoms with Gasteiger partial charge in [-0.1, -0.05) is 18.2 Å². The van der Waals surface area contributed by atoms with Crippen LogP contribution in [0.4, 0.5) is 4.39 Å². The number of nitrogens with one attached hydrogen (secondary N) is 2. The summed E-state index contributed by atoms with van der Waals surface area (Å²) >= 11 is 0. The van der Waals surface area contributed by atoms with Crippen LogP contribution in [0, 0.1) is 11.2 Å². The highest BCUT2D eigenvalue weighted by atomic mass is 32.2. The minimum absolute atomic E-state index is 0.00832. The van der Waals surface area contributed by atoms with Gasteiger partial charge in [0.25, 0.3) is 10.0 Å². The normalized spacial score (nSPS) is 14.6. The third-order valence-corrected chi connectivity index (χ3v) is 7.48. The molecule has 1 heterocycles. The molecule has 1 aliphatic carbocycles. The molecule has 9 heteroatoms. The minimum atomic E-state index is -4.05.